The Hall–Kier alpha value is -2.88. The minimum absolute atomic E-state index is 0.156. The predicted molar refractivity (Wildman–Crippen MR) is 99.3 cm³/mol. The van der Waals surface area contributed by atoms with Gasteiger partial charge in [-0.1, -0.05) is 30.3 Å². The summed E-state index contributed by atoms with van der Waals surface area (Å²) in [5.41, 5.74) is 5.89. The molecule has 1 aliphatic carbocycles. The van der Waals surface area contributed by atoms with Crippen LogP contribution in [0.5, 0.6) is 0 Å². The monoisotopic (exact) mass is 331 g/mol. The zero-order chi connectivity index (χ0) is 17.2. The van der Waals surface area contributed by atoms with Crippen molar-refractivity contribution in [1.29, 1.82) is 0 Å². The molecule has 4 heteroatoms. The van der Waals surface area contributed by atoms with Gasteiger partial charge in [-0.15, -0.1) is 0 Å². The van der Waals surface area contributed by atoms with Gasteiger partial charge in [0.1, 0.15) is 0 Å². The number of amides is 1. The first kappa shape index (κ1) is 15.6. The molecule has 1 heterocycles. The summed E-state index contributed by atoms with van der Waals surface area (Å²) in [5.74, 6) is -0.156. The fourth-order valence-electron chi connectivity index (χ4n) is 3.50. The number of aromatic nitrogens is 2. The summed E-state index contributed by atoms with van der Waals surface area (Å²) in [5, 5.41) is 7.56. The Morgan fingerprint density at radius 1 is 1.04 bits per heavy atom. The molecule has 4 rings (SSSR count). The van der Waals surface area contributed by atoms with Gasteiger partial charge in [0.15, 0.2) is 5.69 Å². The second kappa shape index (κ2) is 6.55. The van der Waals surface area contributed by atoms with E-state index in [1.165, 1.54) is 24.0 Å². The number of nitrogens with one attached hydrogen (secondary N) is 1. The maximum Gasteiger partial charge on any atom is 0.276 e. The lowest BCUT2D eigenvalue weighted by atomic mass is 9.90. The Balaban J connectivity index is 1.61. The molecule has 1 aromatic heterocycles. The van der Waals surface area contributed by atoms with Crippen molar-refractivity contribution in [3.63, 3.8) is 0 Å². The van der Waals surface area contributed by atoms with Gasteiger partial charge < -0.3 is 5.32 Å². The molecule has 0 saturated heterocycles. The van der Waals surface area contributed by atoms with Gasteiger partial charge in [-0.25, -0.2) is 4.68 Å². The summed E-state index contributed by atoms with van der Waals surface area (Å²) in [7, 11) is 0. The van der Waals surface area contributed by atoms with E-state index in [1.807, 2.05) is 55.5 Å². The minimum Gasteiger partial charge on any atom is -0.320 e. The maximum absolute atomic E-state index is 12.7. The molecule has 3 aromatic rings. The summed E-state index contributed by atoms with van der Waals surface area (Å²) in [6.07, 6.45) is 4.54. The summed E-state index contributed by atoms with van der Waals surface area (Å²) >= 11 is 0. The van der Waals surface area contributed by atoms with Crippen molar-refractivity contribution < 1.29 is 4.79 Å². The van der Waals surface area contributed by atoms with Crippen LogP contribution in [0.4, 0.5) is 5.69 Å². The first-order valence-electron chi connectivity index (χ1n) is 8.76. The van der Waals surface area contributed by atoms with Crippen LogP contribution in [0.2, 0.25) is 0 Å². The van der Waals surface area contributed by atoms with Gasteiger partial charge in [0.05, 0.1) is 5.69 Å². The Morgan fingerprint density at radius 3 is 2.68 bits per heavy atom. The van der Waals surface area contributed by atoms with Crippen molar-refractivity contribution in [2.45, 2.75) is 32.6 Å². The van der Waals surface area contributed by atoms with Crippen LogP contribution in [-0.2, 0) is 12.8 Å². The number of rotatable bonds is 3. The highest BCUT2D eigenvalue weighted by Crippen LogP contribution is 2.28. The molecule has 25 heavy (non-hydrogen) atoms. The number of aryl methyl sites for hydroxylation is 2. The van der Waals surface area contributed by atoms with Gasteiger partial charge in [0, 0.05) is 11.4 Å². The molecule has 1 amide bonds. The number of carbonyl (C=O) groups excluding carboxylic acids is 1. The smallest absolute Gasteiger partial charge is 0.276 e. The van der Waals surface area contributed by atoms with Gasteiger partial charge in [0.2, 0.25) is 0 Å². The van der Waals surface area contributed by atoms with Crippen LogP contribution in [0.25, 0.3) is 5.69 Å². The topological polar surface area (TPSA) is 46.9 Å². The SMILES string of the molecule is Cc1cc(C(=O)Nc2cccc3c2CCCC3)nn1-c1ccccc1. The van der Waals surface area contributed by atoms with E-state index < -0.39 is 0 Å². The molecule has 2 aromatic carbocycles. The standard InChI is InChI=1S/C21H21N3O/c1-15-14-20(23-24(15)17-10-3-2-4-11-17)21(25)22-19-13-7-9-16-8-5-6-12-18(16)19/h2-4,7,9-11,13-14H,5-6,8,12H2,1H3,(H,22,25). The fourth-order valence-corrected chi connectivity index (χ4v) is 3.50. The number of carbonyl (C=O) groups is 1. The minimum atomic E-state index is -0.156. The number of fused-ring (bicyclic) bond motifs is 1. The molecule has 0 unspecified atom stereocenters. The van der Waals surface area contributed by atoms with Crippen LogP contribution in [0.1, 0.15) is 40.2 Å². The van der Waals surface area contributed by atoms with Crippen molar-refractivity contribution in [3.05, 3.63) is 77.1 Å². The number of para-hydroxylation sites is 1. The molecule has 1 aliphatic rings. The molecule has 4 nitrogen and oxygen atoms in total. The zero-order valence-electron chi connectivity index (χ0n) is 14.3. The second-order valence-corrected chi connectivity index (χ2v) is 6.52. The van der Waals surface area contributed by atoms with Gasteiger partial charge in [-0.2, -0.15) is 5.10 Å². The Morgan fingerprint density at radius 2 is 1.84 bits per heavy atom. The van der Waals surface area contributed by atoms with Crippen LogP contribution in [-0.4, -0.2) is 15.7 Å². The highest BCUT2D eigenvalue weighted by atomic mass is 16.1. The van der Waals surface area contributed by atoms with Crippen LogP contribution < -0.4 is 5.32 Å². The van der Waals surface area contributed by atoms with Gasteiger partial charge in [0.25, 0.3) is 5.91 Å². The van der Waals surface area contributed by atoms with Gasteiger partial charge >= 0.3 is 0 Å². The molecule has 0 atom stereocenters. The molecule has 126 valence electrons. The maximum atomic E-state index is 12.7. The molecule has 1 N–H and O–H groups in total. The third kappa shape index (κ3) is 3.07. The lowest BCUT2D eigenvalue weighted by molar-refractivity contribution is 0.102. The van der Waals surface area contributed by atoms with E-state index in [0.29, 0.717) is 5.69 Å². The largest absolute Gasteiger partial charge is 0.320 e. The summed E-state index contributed by atoms with van der Waals surface area (Å²) in [4.78, 5) is 12.7. The van der Waals surface area contributed by atoms with Crippen molar-refractivity contribution in [3.8, 4) is 5.69 Å². The average molecular weight is 331 g/mol. The Kier molecular flexibility index (Phi) is 4.10. The molecule has 0 aliphatic heterocycles. The normalized spacial score (nSPS) is 13.3. The third-order valence-corrected chi connectivity index (χ3v) is 4.76. The summed E-state index contributed by atoms with van der Waals surface area (Å²) < 4.78 is 1.80. The van der Waals surface area contributed by atoms with Crippen molar-refractivity contribution in [2.24, 2.45) is 0 Å². The number of hydrogen-bond acceptors (Lipinski definition) is 2. The van der Waals surface area contributed by atoms with Gasteiger partial charge in [-0.05, 0) is 68.0 Å². The van der Waals surface area contributed by atoms with Gasteiger partial charge in [-0.3, -0.25) is 4.79 Å². The van der Waals surface area contributed by atoms with E-state index in [0.717, 1.165) is 29.9 Å². The van der Waals surface area contributed by atoms with Crippen molar-refractivity contribution >= 4 is 11.6 Å². The second-order valence-electron chi connectivity index (χ2n) is 6.52. The van der Waals surface area contributed by atoms with E-state index in [1.54, 1.807) is 4.68 Å². The van der Waals surface area contributed by atoms with E-state index in [4.69, 9.17) is 0 Å². The van der Waals surface area contributed by atoms with Crippen LogP contribution >= 0.6 is 0 Å². The lowest BCUT2D eigenvalue weighted by Crippen LogP contribution is -2.16. The van der Waals surface area contributed by atoms with E-state index in [2.05, 4.69) is 16.5 Å². The highest BCUT2D eigenvalue weighted by molar-refractivity contribution is 6.03. The number of hydrogen-bond donors (Lipinski definition) is 1. The van der Waals surface area contributed by atoms with E-state index in [9.17, 15) is 4.79 Å². The lowest BCUT2D eigenvalue weighted by Gasteiger charge is -2.19. The number of anilines is 1. The van der Waals surface area contributed by atoms with Crippen molar-refractivity contribution in [1.82, 2.24) is 9.78 Å². The average Bonchev–Trinajstić information content (AvgIpc) is 3.05. The highest BCUT2D eigenvalue weighted by Gasteiger charge is 2.17. The molecular formula is C21H21N3O. The molecule has 0 fully saturated rings. The zero-order valence-corrected chi connectivity index (χ0v) is 14.3. The summed E-state index contributed by atoms with van der Waals surface area (Å²) in [6.45, 7) is 1.96. The predicted octanol–water partition coefficient (Wildman–Crippen LogP) is 4.31. The quantitative estimate of drug-likeness (QED) is 0.777. The first-order chi connectivity index (χ1) is 12.2. The number of nitrogens with zero attached hydrogens (tertiary/aromatic N) is 2. The Bertz CT molecular complexity index is 912. The molecular weight excluding hydrogens is 310 g/mol. The molecule has 0 saturated carbocycles. The first-order valence-corrected chi connectivity index (χ1v) is 8.76. The van der Waals surface area contributed by atoms with Crippen LogP contribution in [0.3, 0.4) is 0 Å². The summed E-state index contributed by atoms with van der Waals surface area (Å²) in [6, 6.07) is 17.9. The fraction of sp³-hybridized carbons (Fsp3) is 0.238. The third-order valence-electron chi connectivity index (χ3n) is 4.76. The molecule has 0 spiro atoms. The van der Waals surface area contributed by atoms with Crippen LogP contribution in [0, 0.1) is 6.92 Å². The van der Waals surface area contributed by atoms with E-state index >= 15 is 0 Å². The molecule has 0 radical (unpaired) electrons. The number of benzene rings is 2. The molecule has 0 bridgehead atoms. The van der Waals surface area contributed by atoms with Crippen molar-refractivity contribution in [2.75, 3.05) is 5.32 Å². The Labute approximate surface area is 147 Å². The van der Waals surface area contributed by atoms with Crippen LogP contribution in [0.15, 0.2) is 54.6 Å². The van der Waals surface area contributed by atoms with E-state index in [-0.39, 0.29) is 5.91 Å².